The number of rotatable bonds is 9. The number of ether oxygens (including phenoxy) is 3. The fourth-order valence-electron chi connectivity index (χ4n) is 2.55. The number of nitrogens with one attached hydrogen (secondary N) is 2. The van der Waals surface area contributed by atoms with Crippen molar-refractivity contribution in [2.24, 2.45) is 10.7 Å². The van der Waals surface area contributed by atoms with E-state index in [2.05, 4.69) is 20.4 Å². The molecule has 0 atom stereocenters. The van der Waals surface area contributed by atoms with Gasteiger partial charge in [-0.15, -0.1) is 4.99 Å². The molecule has 12 nitrogen and oxygen atoms in total. The van der Waals surface area contributed by atoms with Gasteiger partial charge in [-0.1, -0.05) is 6.07 Å². The van der Waals surface area contributed by atoms with Gasteiger partial charge in [0.1, 0.15) is 17.3 Å². The minimum Gasteiger partial charge on any atom is -0.491 e. The quantitative estimate of drug-likeness (QED) is 0.267. The molecule has 0 fully saturated rings. The first kappa shape index (κ1) is 26.4. The van der Waals surface area contributed by atoms with Crippen LogP contribution in [0.15, 0.2) is 52.4 Å². The number of aliphatic imine (C=N–C) groups is 1. The standard InChI is InChI=1S/C21H26N4O8S/c1-13(2)32-15-6-5-7-16(11-15)34(28,29)33-18-10-14(23-20(22)25-21(27)31-4)8-9-17(18)24-19(26)12-30-3/h5-11,13H,12H2,1-4H3,(H,24,26)(H3,22,23,25,27). The van der Waals surface area contributed by atoms with Crippen LogP contribution in [0.4, 0.5) is 16.2 Å². The number of hydrogen-bond donors (Lipinski definition) is 3. The average Bonchev–Trinajstić information content (AvgIpc) is 2.75. The molecule has 2 aromatic carbocycles. The van der Waals surface area contributed by atoms with Crippen molar-refractivity contribution in [3.63, 3.8) is 0 Å². The first-order chi connectivity index (χ1) is 16.0. The van der Waals surface area contributed by atoms with E-state index in [9.17, 15) is 18.0 Å². The molecule has 2 rings (SSSR count). The van der Waals surface area contributed by atoms with Crippen molar-refractivity contribution >= 4 is 39.5 Å². The lowest BCUT2D eigenvalue weighted by molar-refractivity contribution is -0.119. The number of nitrogens with two attached hydrogens (primary N) is 1. The second kappa shape index (κ2) is 11.9. The molecule has 2 amide bonds. The summed E-state index contributed by atoms with van der Waals surface area (Å²) in [6.07, 6.45) is -1.10. The Labute approximate surface area is 197 Å². The molecule has 4 N–H and O–H groups in total. The lowest BCUT2D eigenvalue weighted by Crippen LogP contribution is -2.24. The summed E-state index contributed by atoms with van der Waals surface area (Å²) in [4.78, 5) is 26.5. The molecule has 2 aromatic rings. The molecular weight excluding hydrogens is 468 g/mol. The van der Waals surface area contributed by atoms with Gasteiger partial charge >= 0.3 is 16.2 Å². The van der Waals surface area contributed by atoms with Crippen molar-refractivity contribution < 1.29 is 36.4 Å². The van der Waals surface area contributed by atoms with Gasteiger partial charge in [-0.2, -0.15) is 8.42 Å². The molecule has 184 valence electrons. The SMILES string of the molecule is COCC(=O)Nc1ccc(NC(N)=NC(=O)OC)cc1OS(=O)(=O)c1cccc(OC(C)C)c1. The van der Waals surface area contributed by atoms with Crippen LogP contribution < -0.4 is 25.3 Å². The monoisotopic (exact) mass is 494 g/mol. The number of guanidine groups is 1. The smallest absolute Gasteiger partial charge is 0.436 e. The van der Waals surface area contributed by atoms with Crippen LogP contribution in [0, 0.1) is 0 Å². The minimum atomic E-state index is -4.34. The van der Waals surface area contributed by atoms with Crippen molar-refractivity contribution in [1.82, 2.24) is 0 Å². The fraction of sp³-hybridized carbons (Fsp3) is 0.286. The molecule has 0 aromatic heterocycles. The summed E-state index contributed by atoms with van der Waals surface area (Å²) in [6, 6.07) is 9.88. The molecule has 0 saturated heterocycles. The zero-order valence-corrected chi connectivity index (χ0v) is 19.8. The number of carbonyl (C=O) groups is 2. The summed E-state index contributed by atoms with van der Waals surface area (Å²) in [5, 5.41) is 5.11. The third-order valence-corrected chi connectivity index (χ3v) is 5.09. The van der Waals surface area contributed by atoms with Gasteiger partial charge in [0, 0.05) is 24.9 Å². The van der Waals surface area contributed by atoms with Crippen LogP contribution in [0.25, 0.3) is 0 Å². The third kappa shape index (κ3) is 7.94. The molecule has 0 bridgehead atoms. The zero-order valence-electron chi connectivity index (χ0n) is 19.0. The highest BCUT2D eigenvalue weighted by molar-refractivity contribution is 7.87. The van der Waals surface area contributed by atoms with Gasteiger partial charge in [0.25, 0.3) is 0 Å². The van der Waals surface area contributed by atoms with Gasteiger partial charge in [-0.25, -0.2) is 4.79 Å². The number of amides is 2. The van der Waals surface area contributed by atoms with Crippen LogP contribution in [0.5, 0.6) is 11.5 Å². The number of carbonyl (C=O) groups excluding carboxylic acids is 2. The Balaban J connectivity index is 2.41. The normalized spacial score (nSPS) is 11.6. The summed E-state index contributed by atoms with van der Waals surface area (Å²) in [6.45, 7) is 3.35. The van der Waals surface area contributed by atoms with E-state index in [-0.39, 0.29) is 40.7 Å². The Kier molecular flexibility index (Phi) is 9.21. The van der Waals surface area contributed by atoms with E-state index in [0.29, 0.717) is 5.75 Å². The Morgan fingerprint density at radius 1 is 1.09 bits per heavy atom. The van der Waals surface area contributed by atoms with Crippen LogP contribution in [0.1, 0.15) is 13.8 Å². The highest BCUT2D eigenvalue weighted by Crippen LogP contribution is 2.32. The largest absolute Gasteiger partial charge is 0.491 e. The molecule has 0 heterocycles. The zero-order chi connectivity index (χ0) is 25.3. The Morgan fingerprint density at radius 2 is 1.82 bits per heavy atom. The Bertz CT molecular complexity index is 1170. The van der Waals surface area contributed by atoms with Gasteiger partial charge in [0.05, 0.1) is 18.9 Å². The van der Waals surface area contributed by atoms with Crippen molar-refractivity contribution in [2.45, 2.75) is 24.8 Å². The molecule has 0 aliphatic rings. The summed E-state index contributed by atoms with van der Waals surface area (Å²) in [5.41, 5.74) is 5.91. The first-order valence-electron chi connectivity index (χ1n) is 9.87. The van der Waals surface area contributed by atoms with Gasteiger partial charge in [-0.3, -0.25) is 4.79 Å². The van der Waals surface area contributed by atoms with Crippen molar-refractivity contribution in [2.75, 3.05) is 31.5 Å². The summed E-state index contributed by atoms with van der Waals surface area (Å²) >= 11 is 0. The number of anilines is 2. The summed E-state index contributed by atoms with van der Waals surface area (Å²) in [7, 11) is -1.87. The minimum absolute atomic E-state index is 0.0502. The van der Waals surface area contributed by atoms with Crippen molar-refractivity contribution in [3.8, 4) is 11.5 Å². The van der Waals surface area contributed by atoms with E-state index in [1.54, 1.807) is 19.9 Å². The maximum atomic E-state index is 13.0. The van der Waals surface area contributed by atoms with E-state index in [1.165, 1.54) is 43.5 Å². The van der Waals surface area contributed by atoms with Crippen LogP contribution >= 0.6 is 0 Å². The second-order valence-electron chi connectivity index (χ2n) is 6.96. The first-order valence-corrected chi connectivity index (χ1v) is 11.3. The van der Waals surface area contributed by atoms with Crippen molar-refractivity contribution in [1.29, 1.82) is 0 Å². The summed E-state index contributed by atoms with van der Waals surface area (Å²) < 4.78 is 46.0. The number of nitrogens with zero attached hydrogens (tertiary/aromatic N) is 1. The fourth-order valence-corrected chi connectivity index (χ4v) is 3.53. The van der Waals surface area contributed by atoms with Gasteiger partial charge in [0.2, 0.25) is 11.9 Å². The lowest BCUT2D eigenvalue weighted by atomic mass is 10.2. The predicted molar refractivity (Wildman–Crippen MR) is 125 cm³/mol. The highest BCUT2D eigenvalue weighted by Gasteiger charge is 2.21. The van der Waals surface area contributed by atoms with Gasteiger partial charge in [-0.05, 0) is 38.1 Å². The second-order valence-corrected chi connectivity index (χ2v) is 8.51. The van der Waals surface area contributed by atoms with E-state index < -0.39 is 22.1 Å². The topological polar surface area (TPSA) is 168 Å². The molecule has 0 aliphatic heterocycles. The van der Waals surface area contributed by atoms with E-state index in [0.717, 1.165) is 7.11 Å². The molecule has 0 saturated carbocycles. The molecular formula is C21H26N4O8S. The number of hydrogen-bond acceptors (Lipinski definition) is 8. The van der Waals surface area contributed by atoms with E-state index in [1.807, 2.05) is 0 Å². The van der Waals surface area contributed by atoms with E-state index >= 15 is 0 Å². The summed E-state index contributed by atoms with van der Waals surface area (Å²) in [5.74, 6) is -0.731. The van der Waals surface area contributed by atoms with Crippen LogP contribution in [0.2, 0.25) is 0 Å². The lowest BCUT2D eigenvalue weighted by Gasteiger charge is -2.15. The van der Waals surface area contributed by atoms with Crippen molar-refractivity contribution in [3.05, 3.63) is 42.5 Å². The Hall–Kier alpha value is -3.84. The van der Waals surface area contributed by atoms with Crippen LogP contribution in [-0.4, -0.2) is 53.3 Å². The van der Waals surface area contributed by atoms with Gasteiger partial charge in [0.15, 0.2) is 5.75 Å². The Morgan fingerprint density at radius 3 is 2.47 bits per heavy atom. The predicted octanol–water partition coefficient (Wildman–Crippen LogP) is 2.32. The maximum Gasteiger partial charge on any atom is 0.436 e. The third-order valence-electron chi connectivity index (χ3n) is 3.86. The van der Waals surface area contributed by atoms with E-state index in [4.69, 9.17) is 19.4 Å². The molecule has 0 aliphatic carbocycles. The molecule has 0 spiro atoms. The molecule has 34 heavy (non-hydrogen) atoms. The molecule has 0 unspecified atom stereocenters. The van der Waals surface area contributed by atoms with Gasteiger partial charge < -0.3 is 34.8 Å². The van der Waals surface area contributed by atoms with Crippen LogP contribution in [-0.2, 0) is 24.4 Å². The molecule has 0 radical (unpaired) electrons. The maximum absolute atomic E-state index is 13.0. The molecule has 13 heteroatoms. The van der Waals surface area contributed by atoms with Crippen LogP contribution in [0.3, 0.4) is 0 Å². The highest BCUT2D eigenvalue weighted by atomic mass is 32.2. The number of benzene rings is 2. The average molecular weight is 495 g/mol. The number of methoxy groups -OCH3 is 2.